The standard InChI is InChI=1S/C64H42N2O/c1-2-14-48-41-49(30-29-43(48)13-1)46-27-25-44(26-28-46)45-31-36-51(37-32-45)65(59-20-8-4-16-54(59)50-35-40-64-58(42-50)57-19-7-12-24-63(57)67-64)52-38-33-47(34-39-52)53-15-3-9-21-60(53)66-61-22-10-5-17-55(61)56-18-6-11-23-62(56)66/h1-42H. The number of rotatable bonds is 8. The van der Waals surface area contributed by atoms with E-state index in [1.165, 1.54) is 54.8 Å². The molecule has 3 heteroatoms. The van der Waals surface area contributed by atoms with Crippen molar-refractivity contribution in [2.75, 3.05) is 4.90 Å². The Hall–Kier alpha value is -8.92. The number of nitrogens with zero attached hydrogens (tertiary/aromatic N) is 2. The van der Waals surface area contributed by atoms with E-state index < -0.39 is 0 Å². The molecule has 0 spiro atoms. The van der Waals surface area contributed by atoms with Gasteiger partial charge in [-0.3, -0.25) is 0 Å². The normalized spacial score (nSPS) is 11.6. The van der Waals surface area contributed by atoms with Crippen molar-refractivity contribution in [1.82, 2.24) is 4.57 Å². The van der Waals surface area contributed by atoms with Crippen LogP contribution in [0.5, 0.6) is 0 Å². The maximum atomic E-state index is 6.26. The zero-order valence-corrected chi connectivity index (χ0v) is 36.6. The summed E-state index contributed by atoms with van der Waals surface area (Å²) in [5.74, 6) is 0. The first-order chi connectivity index (χ1) is 33.2. The van der Waals surface area contributed by atoms with Gasteiger partial charge in [-0.2, -0.15) is 0 Å². The number of anilines is 3. The van der Waals surface area contributed by atoms with Gasteiger partial charge < -0.3 is 13.9 Å². The lowest BCUT2D eigenvalue weighted by atomic mass is 9.97. The number of fused-ring (bicyclic) bond motifs is 7. The maximum Gasteiger partial charge on any atom is 0.135 e. The molecule has 0 aliphatic rings. The molecule has 0 aliphatic carbocycles. The molecule has 0 atom stereocenters. The van der Waals surface area contributed by atoms with Crippen LogP contribution >= 0.6 is 0 Å². The Balaban J connectivity index is 0.908. The van der Waals surface area contributed by atoms with E-state index in [1.54, 1.807) is 0 Å². The van der Waals surface area contributed by atoms with Gasteiger partial charge in [-0.15, -0.1) is 0 Å². The van der Waals surface area contributed by atoms with Crippen molar-refractivity contribution in [3.8, 4) is 50.2 Å². The Morgan fingerprint density at radius 1 is 0.299 bits per heavy atom. The highest BCUT2D eigenvalue weighted by Crippen LogP contribution is 2.44. The third-order valence-electron chi connectivity index (χ3n) is 13.4. The topological polar surface area (TPSA) is 21.3 Å². The number of benzene rings is 11. The monoisotopic (exact) mass is 854 g/mol. The summed E-state index contributed by atoms with van der Waals surface area (Å²) >= 11 is 0. The molecule has 2 aromatic heterocycles. The molecule has 13 aromatic rings. The molecule has 13 rings (SSSR count). The van der Waals surface area contributed by atoms with Crippen LogP contribution in [0.15, 0.2) is 259 Å². The summed E-state index contributed by atoms with van der Waals surface area (Å²) < 4.78 is 8.67. The first kappa shape index (κ1) is 38.5. The van der Waals surface area contributed by atoms with Crippen LogP contribution in [0.1, 0.15) is 0 Å². The van der Waals surface area contributed by atoms with Gasteiger partial charge in [0.25, 0.3) is 0 Å². The predicted molar refractivity (Wildman–Crippen MR) is 282 cm³/mol. The van der Waals surface area contributed by atoms with Gasteiger partial charge in [0.05, 0.1) is 22.4 Å². The molecule has 314 valence electrons. The molecular formula is C64H42N2O. The van der Waals surface area contributed by atoms with E-state index in [4.69, 9.17) is 4.42 Å². The van der Waals surface area contributed by atoms with Crippen molar-refractivity contribution in [3.05, 3.63) is 255 Å². The fraction of sp³-hybridized carbons (Fsp3) is 0. The van der Waals surface area contributed by atoms with Gasteiger partial charge in [-0.05, 0) is 117 Å². The third-order valence-corrected chi connectivity index (χ3v) is 13.4. The number of hydrogen-bond acceptors (Lipinski definition) is 2. The summed E-state index contributed by atoms with van der Waals surface area (Å²) in [6.07, 6.45) is 0. The molecule has 0 radical (unpaired) electrons. The lowest BCUT2D eigenvalue weighted by Crippen LogP contribution is -2.11. The zero-order valence-electron chi connectivity index (χ0n) is 36.6. The smallest absolute Gasteiger partial charge is 0.135 e. The largest absolute Gasteiger partial charge is 0.456 e. The van der Waals surface area contributed by atoms with Crippen molar-refractivity contribution in [2.45, 2.75) is 0 Å². The van der Waals surface area contributed by atoms with Crippen LogP contribution in [-0.2, 0) is 0 Å². The molecule has 0 saturated heterocycles. The van der Waals surface area contributed by atoms with Crippen LogP contribution in [0.4, 0.5) is 17.1 Å². The molecule has 0 unspecified atom stereocenters. The molecule has 0 saturated carbocycles. The van der Waals surface area contributed by atoms with E-state index in [0.717, 1.165) is 66.9 Å². The highest BCUT2D eigenvalue weighted by molar-refractivity contribution is 6.10. The molecular weight excluding hydrogens is 813 g/mol. The maximum absolute atomic E-state index is 6.26. The highest BCUT2D eigenvalue weighted by atomic mass is 16.3. The summed E-state index contributed by atoms with van der Waals surface area (Å²) in [5, 5.41) is 7.23. The van der Waals surface area contributed by atoms with Gasteiger partial charge in [0.2, 0.25) is 0 Å². The molecule has 0 fully saturated rings. The molecule has 2 heterocycles. The average molecular weight is 855 g/mol. The Morgan fingerprint density at radius 2 is 0.791 bits per heavy atom. The SMILES string of the molecule is c1ccc(N(c2ccc(-c3ccc(-c4ccc5ccccc5c4)cc3)cc2)c2ccc(-c3ccccc3-n3c4ccccc4c4ccccc43)cc2)c(-c2ccc3oc4ccccc4c3c2)c1. The van der Waals surface area contributed by atoms with E-state index in [1.807, 2.05) is 12.1 Å². The van der Waals surface area contributed by atoms with Crippen LogP contribution < -0.4 is 4.90 Å². The molecule has 0 amide bonds. The highest BCUT2D eigenvalue weighted by Gasteiger charge is 2.20. The summed E-state index contributed by atoms with van der Waals surface area (Å²) in [5.41, 5.74) is 17.9. The van der Waals surface area contributed by atoms with Crippen LogP contribution in [0.2, 0.25) is 0 Å². The van der Waals surface area contributed by atoms with E-state index >= 15 is 0 Å². The van der Waals surface area contributed by atoms with Gasteiger partial charge in [-0.1, -0.05) is 182 Å². The van der Waals surface area contributed by atoms with Crippen molar-refractivity contribution in [3.63, 3.8) is 0 Å². The second-order valence-electron chi connectivity index (χ2n) is 17.3. The zero-order chi connectivity index (χ0) is 44.3. The summed E-state index contributed by atoms with van der Waals surface area (Å²) in [7, 11) is 0. The quantitative estimate of drug-likeness (QED) is 0.152. The van der Waals surface area contributed by atoms with Crippen molar-refractivity contribution >= 4 is 71.6 Å². The lowest BCUT2D eigenvalue weighted by molar-refractivity contribution is 0.669. The van der Waals surface area contributed by atoms with Gasteiger partial charge in [0, 0.05) is 44.0 Å². The third kappa shape index (κ3) is 6.67. The van der Waals surface area contributed by atoms with Gasteiger partial charge in [0.15, 0.2) is 0 Å². The van der Waals surface area contributed by atoms with Gasteiger partial charge in [-0.25, -0.2) is 0 Å². The Morgan fingerprint density at radius 3 is 1.51 bits per heavy atom. The Kier molecular flexibility index (Phi) is 9.17. The fourth-order valence-electron chi connectivity index (χ4n) is 10.1. The number of hydrogen-bond donors (Lipinski definition) is 0. The van der Waals surface area contributed by atoms with Crippen LogP contribution in [0.25, 0.3) is 105 Å². The Labute approximate surface area is 388 Å². The van der Waals surface area contributed by atoms with Crippen molar-refractivity contribution < 1.29 is 4.42 Å². The minimum atomic E-state index is 0.886. The van der Waals surface area contributed by atoms with E-state index in [0.29, 0.717) is 0 Å². The van der Waals surface area contributed by atoms with E-state index in [2.05, 4.69) is 252 Å². The summed E-state index contributed by atoms with van der Waals surface area (Å²) in [6, 6.07) is 92.0. The van der Waals surface area contributed by atoms with Crippen LogP contribution in [-0.4, -0.2) is 4.57 Å². The molecule has 0 bridgehead atoms. The van der Waals surface area contributed by atoms with Gasteiger partial charge in [0.1, 0.15) is 11.2 Å². The minimum Gasteiger partial charge on any atom is -0.456 e. The summed E-state index contributed by atoms with van der Waals surface area (Å²) in [6.45, 7) is 0. The van der Waals surface area contributed by atoms with Crippen LogP contribution in [0, 0.1) is 0 Å². The second-order valence-corrected chi connectivity index (χ2v) is 17.3. The second kappa shape index (κ2) is 16.0. The fourth-order valence-corrected chi connectivity index (χ4v) is 10.1. The Bertz CT molecular complexity index is 3920. The van der Waals surface area contributed by atoms with E-state index in [9.17, 15) is 0 Å². The number of para-hydroxylation sites is 5. The van der Waals surface area contributed by atoms with Crippen molar-refractivity contribution in [1.29, 1.82) is 0 Å². The number of aromatic nitrogens is 1. The first-order valence-corrected chi connectivity index (χ1v) is 22.9. The first-order valence-electron chi connectivity index (χ1n) is 22.9. The minimum absolute atomic E-state index is 0.886. The molecule has 11 aromatic carbocycles. The van der Waals surface area contributed by atoms with Crippen molar-refractivity contribution in [2.24, 2.45) is 0 Å². The molecule has 3 nitrogen and oxygen atoms in total. The van der Waals surface area contributed by atoms with Gasteiger partial charge >= 0.3 is 0 Å². The van der Waals surface area contributed by atoms with Crippen LogP contribution in [0.3, 0.4) is 0 Å². The molecule has 0 aliphatic heterocycles. The average Bonchev–Trinajstić information content (AvgIpc) is 3.95. The molecule has 67 heavy (non-hydrogen) atoms. The number of furan rings is 1. The predicted octanol–water partition coefficient (Wildman–Crippen LogP) is 18.0. The molecule has 0 N–H and O–H groups in total. The van der Waals surface area contributed by atoms with E-state index in [-0.39, 0.29) is 0 Å². The summed E-state index contributed by atoms with van der Waals surface area (Å²) in [4.78, 5) is 2.39. The lowest BCUT2D eigenvalue weighted by Gasteiger charge is -2.28.